The number of aromatic nitrogens is 1. The fraction of sp³-hybridized carbons (Fsp3) is 0.227. The van der Waals surface area contributed by atoms with Crippen LogP contribution in [-0.4, -0.2) is 28.2 Å². The molecule has 0 unspecified atom stereocenters. The second kappa shape index (κ2) is 7.56. The van der Waals surface area contributed by atoms with E-state index in [1.807, 2.05) is 48.2 Å². The summed E-state index contributed by atoms with van der Waals surface area (Å²) in [6.07, 6.45) is 0.878. The molecule has 1 N–H and O–H groups in total. The number of carbonyl (C=O) groups is 2. The van der Waals surface area contributed by atoms with Crippen LogP contribution in [0.5, 0.6) is 0 Å². The van der Waals surface area contributed by atoms with E-state index in [1.165, 1.54) is 29.4 Å². The number of hydrogen-bond acceptors (Lipinski definition) is 4. The molecule has 4 rings (SSSR count). The lowest BCUT2D eigenvalue weighted by atomic mass is 10.00. The maximum Gasteiger partial charge on any atom is 0.273 e. The molecule has 6 heteroatoms. The van der Waals surface area contributed by atoms with Gasteiger partial charge in [-0.15, -0.1) is 11.3 Å². The van der Waals surface area contributed by atoms with Gasteiger partial charge in [-0.2, -0.15) is 0 Å². The Balaban J connectivity index is 1.54. The minimum Gasteiger partial charge on any atom is -0.333 e. The molecular formula is C22H21N3O2S. The molecule has 0 saturated carbocycles. The van der Waals surface area contributed by atoms with Gasteiger partial charge in [-0.05, 0) is 48.7 Å². The molecule has 142 valence electrons. The van der Waals surface area contributed by atoms with Gasteiger partial charge >= 0.3 is 0 Å². The van der Waals surface area contributed by atoms with Gasteiger partial charge in [-0.3, -0.25) is 9.59 Å². The zero-order chi connectivity index (χ0) is 19.7. The Kier molecular flexibility index (Phi) is 4.96. The summed E-state index contributed by atoms with van der Waals surface area (Å²) in [5.74, 6) is -0.113. The van der Waals surface area contributed by atoms with Gasteiger partial charge in [0.15, 0.2) is 0 Å². The highest BCUT2D eigenvalue weighted by molar-refractivity contribution is 7.15. The Morgan fingerprint density at radius 1 is 1.07 bits per heavy atom. The predicted octanol–water partition coefficient (Wildman–Crippen LogP) is 4.28. The van der Waals surface area contributed by atoms with Crippen LogP contribution >= 0.6 is 11.3 Å². The third kappa shape index (κ3) is 3.68. The Morgan fingerprint density at radius 3 is 2.50 bits per heavy atom. The van der Waals surface area contributed by atoms with Crippen LogP contribution in [0.25, 0.3) is 10.6 Å². The van der Waals surface area contributed by atoms with E-state index in [-0.39, 0.29) is 11.8 Å². The van der Waals surface area contributed by atoms with E-state index in [4.69, 9.17) is 0 Å². The number of amides is 2. The van der Waals surface area contributed by atoms with Crippen LogP contribution in [0, 0.1) is 6.92 Å². The Morgan fingerprint density at radius 2 is 1.79 bits per heavy atom. The van der Waals surface area contributed by atoms with E-state index in [1.54, 1.807) is 0 Å². The van der Waals surface area contributed by atoms with Crippen molar-refractivity contribution in [1.29, 1.82) is 0 Å². The van der Waals surface area contributed by atoms with Gasteiger partial charge in [0.05, 0.1) is 0 Å². The van der Waals surface area contributed by atoms with Gasteiger partial charge in [0, 0.05) is 36.1 Å². The first-order valence-electron chi connectivity index (χ1n) is 9.23. The van der Waals surface area contributed by atoms with Gasteiger partial charge in [0.25, 0.3) is 5.91 Å². The number of thiazole rings is 1. The van der Waals surface area contributed by atoms with E-state index in [9.17, 15) is 9.59 Å². The zero-order valence-corrected chi connectivity index (χ0v) is 16.7. The van der Waals surface area contributed by atoms with Crippen molar-refractivity contribution in [3.05, 3.63) is 70.2 Å². The summed E-state index contributed by atoms with van der Waals surface area (Å²) < 4.78 is 0. The first-order valence-corrected chi connectivity index (χ1v) is 10.0. The lowest BCUT2D eigenvalue weighted by Gasteiger charge is -2.28. The summed E-state index contributed by atoms with van der Waals surface area (Å²) in [6, 6.07) is 15.8. The molecule has 2 amide bonds. The molecule has 3 aromatic rings. The first-order chi connectivity index (χ1) is 13.5. The van der Waals surface area contributed by atoms with E-state index in [0.29, 0.717) is 18.8 Å². The second-order valence-electron chi connectivity index (χ2n) is 6.93. The smallest absolute Gasteiger partial charge is 0.273 e. The highest BCUT2D eigenvalue weighted by Crippen LogP contribution is 2.30. The normalized spacial score (nSPS) is 13.1. The largest absolute Gasteiger partial charge is 0.333 e. The van der Waals surface area contributed by atoms with Crippen LogP contribution in [0.4, 0.5) is 5.69 Å². The number of nitrogens with zero attached hydrogens (tertiary/aromatic N) is 2. The summed E-state index contributed by atoms with van der Waals surface area (Å²) in [7, 11) is 0. The van der Waals surface area contributed by atoms with Gasteiger partial charge < -0.3 is 10.2 Å². The number of aryl methyl sites for hydroxylation is 1. The molecule has 0 radical (unpaired) electrons. The molecule has 0 saturated heterocycles. The Bertz CT molecular complexity index is 1040. The quantitative estimate of drug-likeness (QED) is 0.725. The fourth-order valence-corrected chi connectivity index (χ4v) is 4.35. The van der Waals surface area contributed by atoms with Crippen LogP contribution < -0.4 is 5.32 Å². The number of carbonyl (C=O) groups excluding carboxylic acids is 2. The van der Waals surface area contributed by atoms with Crippen molar-refractivity contribution in [2.24, 2.45) is 0 Å². The molecule has 0 spiro atoms. The molecule has 5 nitrogen and oxygen atoms in total. The van der Waals surface area contributed by atoms with Crippen LogP contribution in [0.15, 0.2) is 48.5 Å². The van der Waals surface area contributed by atoms with Crippen molar-refractivity contribution in [2.75, 3.05) is 11.9 Å². The monoisotopic (exact) mass is 391 g/mol. The second-order valence-corrected chi connectivity index (χ2v) is 8.13. The number of anilines is 1. The molecule has 1 aliphatic heterocycles. The number of benzene rings is 2. The first kappa shape index (κ1) is 18.4. The Hall–Kier alpha value is -2.99. The maximum atomic E-state index is 13.1. The van der Waals surface area contributed by atoms with Gasteiger partial charge in [0.1, 0.15) is 10.7 Å². The molecule has 0 fully saturated rings. The van der Waals surface area contributed by atoms with Crippen molar-refractivity contribution in [3.63, 3.8) is 0 Å². The SMILES string of the molecule is CC(=O)Nc1ccc(-c2nc(C(=O)N3CCc4ccccc4C3)c(C)s2)cc1. The summed E-state index contributed by atoms with van der Waals surface area (Å²) in [4.78, 5) is 31.7. The van der Waals surface area contributed by atoms with Crippen molar-refractivity contribution in [1.82, 2.24) is 9.88 Å². The van der Waals surface area contributed by atoms with Gasteiger partial charge in [-0.25, -0.2) is 4.98 Å². The highest BCUT2D eigenvalue weighted by atomic mass is 32.1. The Labute approximate surface area is 168 Å². The minimum atomic E-state index is -0.103. The zero-order valence-electron chi connectivity index (χ0n) is 15.9. The molecule has 0 bridgehead atoms. The average Bonchev–Trinajstić information content (AvgIpc) is 3.09. The third-order valence-electron chi connectivity index (χ3n) is 4.87. The summed E-state index contributed by atoms with van der Waals surface area (Å²) in [5.41, 5.74) is 4.74. The fourth-order valence-electron chi connectivity index (χ4n) is 3.44. The minimum absolute atomic E-state index is 0.00984. The molecule has 2 heterocycles. The van der Waals surface area contributed by atoms with Crippen LogP contribution in [0.3, 0.4) is 0 Å². The van der Waals surface area contributed by atoms with E-state index >= 15 is 0 Å². The van der Waals surface area contributed by atoms with Crippen LogP contribution in [0.1, 0.15) is 33.4 Å². The van der Waals surface area contributed by atoms with E-state index in [2.05, 4.69) is 22.4 Å². The van der Waals surface area contributed by atoms with Crippen LogP contribution in [0.2, 0.25) is 0 Å². The third-order valence-corrected chi connectivity index (χ3v) is 5.89. The van der Waals surface area contributed by atoms with Crippen molar-refractivity contribution in [2.45, 2.75) is 26.8 Å². The highest BCUT2D eigenvalue weighted by Gasteiger charge is 2.25. The van der Waals surface area contributed by atoms with Gasteiger partial charge in [0.2, 0.25) is 5.91 Å². The predicted molar refractivity (Wildman–Crippen MR) is 111 cm³/mol. The molecule has 2 aromatic carbocycles. The van der Waals surface area contributed by atoms with Crippen molar-refractivity contribution < 1.29 is 9.59 Å². The van der Waals surface area contributed by atoms with E-state index in [0.717, 1.165) is 27.6 Å². The molecule has 0 aliphatic carbocycles. The lowest BCUT2D eigenvalue weighted by Crippen LogP contribution is -2.36. The standard InChI is InChI=1S/C22H21N3O2S/c1-14-20(22(27)25-12-11-16-5-3-4-6-18(16)13-25)24-21(28-14)17-7-9-19(10-8-17)23-15(2)26/h3-10H,11-13H2,1-2H3,(H,23,26). The van der Waals surface area contributed by atoms with Crippen molar-refractivity contribution >= 4 is 28.8 Å². The summed E-state index contributed by atoms with van der Waals surface area (Å²) >= 11 is 1.52. The van der Waals surface area contributed by atoms with Crippen molar-refractivity contribution in [3.8, 4) is 10.6 Å². The topological polar surface area (TPSA) is 62.3 Å². The summed E-state index contributed by atoms with van der Waals surface area (Å²) in [5, 5.41) is 3.57. The molecular weight excluding hydrogens is 370 g/mol. The number of fused-ring (bicyclic) bond motifs is 1. The molecule has 1 aromatic heterocycles. The number of rotatable bonds is 3. The molecule has 0 atom stereocenters. The average molecular weight is 391 g/mol. The maximum absolute atomic E-state index is 13.1. The van der Waals surface area contributed by atoms with E-state index < -0.39 is 0 Å². The lowest BCUT2D eigenvalue weighted by molar-refractivity contribution is -0.114. The molecule has 28 heavy (non-hydrogen) atoms. The number of hydrogen-bond donors (Lipinski definition) is 1. The summed E-state index contributed by atoms with van der Waals surface area (Å²) in [6.45, 7) is 4.77. The van der Waals surface area contributed by atoms with Crippen LogP contribution in [-0.2, 0) is 17.8 Å². The number of nitrogens with one attached hydrogen (secondary N) is 1. The van der Waals surface area contributed by atoms with Gasteiger partial charge in [-0.1, -0.05) is 24.3 Å². The molecule has 1 aliphatic rings.